The summed E-state index contributed by atoms with van der Waals surface area (Å²) in [4.78, 5) is 0. The van der Waals surface area contributed by atoms with Crippen LogP contribution in [0.3, 0.4) is 0 Å². The number of hydrogen-bond donors (Lipinski definition) is 2. The molecule has 0 radical (unpaired) electrons. The maximum atomic E-state index is 12.7. The quantitative estimate of drug-likeness (QED) is 0.792. The molecule has 0 atom stereocenters. The molecule has 0 amide bonds. The van der Waals surface area contributed by atoms with Gasteiger partial charge in [-0.2, -0.15) is 13.2 Å². The first-order valence-corrected chi connectivity index (χ1v) is 5.25. The molecule has 0 aliphatic heterocycles. The van der Waals surface area contributed by atoms with Crippen LogP contribution in [0.5, 0.6) is 0 Å². The van der Waals surface area contributed by atoms with Gasteiger partial charge in [-0.15, -0.1) is 0 Å². The Hall–Kier alpha value is -2.17. The summed E-state index contributed by atoms with van der Waals surface area (Å²) in [6, 6.07) is 12.7. The molecule has 0 aromatic heterocycles. The fourth-order valence-corrected chi connectivity index (χ4v) is 1.57. The molecule has 3 N–H and O–H groups in total. The predicted molar refractivity (Wildman–Crippen MR) is 65.6 cm³/mol. The van der Waals surface area contributed by atoms with Gasteiger partial charge < -0.3 is 11.1 Å². The fraction of sp³-hybridized carbons (Fsp3) is 0.0769. The average Bonchev–Trinajstić information content (AvgIpc) is 2.31. The van der Waals surface area contributed by atoms with Gasteiger partial charge in [-0.25, -0.2) is 0 Å². The van der Waals surface area contributed by atoms with Gasteiger partial charge in [-0.3, -0.25) is 0 Å². The third-order valence-electron chi connectivity index (χ3n) is 2.42. The van der Waals surface area contributed by atoms with Crippen LogP contribution in [0.15, 0.2) is 48.5 Å². The van der Waals surface area contributed by atoms with E-state index in [2.05, 4.69) is 5.32 Å². The molecule has 2 aromatic carbocycles. The van der Waals surface area contributed by atoms with Crippen molar-refractivity contribution in [2.75, 3.05) is 11.1 Å². The van der Waals surface area contributed by atoms with Crippen molar-refractivity contribution in [2.45, 2.75) is 6.18 Å². The predicted octanol–water partition coefficient (Wildman–Crippen LogP) is 4.03. The first kappa shape index (κ1) is 12.3. The summed E-state index contributed by atoms with van der Waals surface area (Å²) in [6.07, 6.45) is -4.45. The van der Waals surface area contributed by atoms with Crippen LogP contribution < -0.4 is 11.1 Å². The van der Waals surface area contributed by atoms with E-state index < -0.39 is 11.7 Å². The topological polar surface area (TPSA) is 38.0 Å². The van der Waals surface area contributed by atoms with Gasteiger partial charge in [-0.1, -0.05) is 18.2 Å². The van der Waals surface area contributed by atoms with Gasteiger partial charge in [0.2, 0.25) is 0 Å². The number of rotatable bonds is 2. The highest BCUT2D eigenvalue weighted by Crippen LogP contribution is 2.35. The lowest BCUT2D eigenvalue weighted by Gasteiger charge is -2.13. The highest BCUT2D eigenvalue weighted by Gasteiger charge is 2.33. The molecule has 0 saturated heterocycles. The molecule has 2 nitrogen and oxygen atoms in total. The number of halogens is 3. The third-order valence-corrected chi connectivity index (χ3v) is 2.42. The molecule has 5 heteroatoms. The van der Waals surface area contributed by atoms with Crippen LogP contribution >= 0.6 is 0 Å². The lowest BCUT2D eigenvalue weighted by molar-refractivity contribution is -0.136. The number of nitrogen functional groups attached to an aromatic ring is 1. The van der Waals surface area contributed by atoms with Crippen LogP contribution in [0.1, 0.15) is 5.56 Å². The Balaban J connectivity index is 2.31. The van der Waals surface area contributed by atoms with E-state index in [9.17, 15) is 13.2 Å². The van der Waals surface area contributed by atoms with Crippen molar-refractivity contribution in [3.63, 3.8) is 0 Å². The molecular formula is C13H11F3N2. The van der Waals surface area contributed by atoms with Gasteiger partial charge in [0, 0.05) is 17.1 Å². The number of alkyl halides is 3. The highest BCUT2D eigenvalue weighted by molar-refractivity contribution is 5.64. The van der Waals surface area contributed by atoms with Crippen LogP contribution in [0, 0.1) is 0 Å². The zero-order chi connectivity index (χ0) is 13.2. The van der Waals surface area contributed by atoms with Gasteiger partial charge in [0.15, 0.2) is 0 Å². The molecule has 2 aromatic rings. The average molecular weight is 252 g/mol. The Labute approximate surface area is 102 Å². The lowest BCUT2D eigenvalue weighted by Crippen LogP contribution is -2.09. The molecule has 0 spiro atoms. The summed E-state index contributed by atoms with van der Waals surface area (Å²) in [5.41, 5.74) is 5.28. The molecular weight excluding hydrogens is 241 g/mol. The minimum Gasteiger partial charge on any atom is -0.398 e. The molecule has 0 aliphatic carbocycles. The standard InChI is InChI=1S/C13H11F3N2/c14-13(15,16)11-8-10(6-7-12(11)17)18-9-4-2-1-3-5-9/h1-8,18H,17H2. The Kier molecular flexibility index (Phi) is 3.14. The molecule has 0 heterocycles. The number of nitrogens with two attached hydrogens (primary N) is 1. The van der Waals surface area contributed by atoms with Crippen LogP contribution in [-0.4, -0.2) is 0 Å². The van der Waals surface area contributed by atoms with Crippen LogP contribution in [-0.2, 0) is 6.18 Å². The van der Waals surface area contributed by atoms with E-state index in [0.717, 1.165) is 11.8 Å². The molecule has 0 unspecified atom stereocenters. The number of hydrogen-bond acceptors (Lipinski definition) is 2. The summed E-state index contributed by atoms with van der Waals surface area (Å²) < 4.78 is 38.0. The molecule has 0 fully saturated rings. The molecule has 18 heavy (non-hydrogen) atoms. The van der Waals surface area contributed by atoms with Crippen molar-refractivity contribution in [2.24, 2.45) is 0 Å². The summed E-state index contributed by atoms with van der Waals surface area (Å²) in [6.45, 7) is 0. The van der Waals surface area contributed by atoms with E-state index >= 15 is 0 Å². The highest BCUT2D eigenvalue weighted by atomic mass is 19.4. The smallest absolute Gasteiger partial charge is 0.398 e. The van der Waals surface area contributed by atoms with Crippen LogP contribution in [0.25, 0.3) is 0 Å². The van der Waals surface area contributed by atoms with Crippen molar-refractivity contribution in [3.05, 3.63) is 54.1 Å². The second-order valence-electron chi connectivity index (χ2n) is 3.79. The Morgan fingerprint density at radius 3 is 2.17 bits per heavy atom. The molecule has 0 bridgehead atoms. The third kappa shape index (κ3) is 2.74. The number of benzene rings is 2. The van der Waals surface area contributed by atoms with E-state index in [-0.39, 0.29) is 5.69 Å². The van der Waals surface area contributed by atoms with E-state index in [0.29, 0.717) is 5.69 Å². The normalized spacial score (nSPS) is 11.3. The zero-order valence-corrected chi connectivity index (χ0v) is 9.33. The molecule has 2 rings (SSSR count). The fourth-order valence-electron chi connectivity index (χ4n) is 1.57. The molecule has 94 valence electrons. The van der Waals surface area contributed by atoms with Gasteiger partial charge in [0.25, 0.3) is 0 Å². The summed E-state index contributed by atoms with van der Waals surface area (Å²) in [5, 5.41) is 2.89. The van der Waals surface area contributed by atoms with Crippen LogP contribution in [0.4, 0.5) is 30.2 Å². The minimum absolute atomic E-state index is 0.277. The van der Waals surface area contributed by atoms with Gasteiger partial charge in [-0.05, 0) is 30.3 Å². The SMILES string of the molecule is Nc1ccc(Nc2ccccc2)cc1C(F)(F)F. The zero-order valence-electron chi connectivity index (χ0n) is 9.33. The Morgan fingerprint density at radius 2 is 1.56 bits per heavy atom. The maximum Gasteiger partial charge on any atom is 0.418 e. The Morgan fingerprint density at radius 1 is 0.889 bits per heavy atom. The van der Waals surface area contributed by atoms with E-state index in [1.807, 2.05) is 6.07 Å². The van der Waals surface area contributed by atoms with E-state index in [1.54, 1.807) is 24.3 Å². The van der Waals surface area contributed by atoms with Crippen molar-refractivity contribution in [1.82, 2.24) is 0 Å². The monoisotopic (exact) mass is 252 g/mol. The first-order chi connectivity index (χ1) is 8.47. The second kappa shape index (κ2) is 4.60. The number of anilines is 3. The number of para-hydroxylation sites is 1. The molecule has 0 aliphatic rings. The van der Waals surface area contributed by atoms with Crippen molar-refractivity contribution in [1.29, 1.82) is 0 Å². The van der Waals surface area contributed by atoms with Gasteiger partial charge in [0.05, 0.1) is 5.56 Å². The summed E-state index contributed by atoms with van der Waals surface area (Å²) in [7, 11) is 0. The molecule has 0 saturated carbocycles. The van der Waals surface area contributed by atoms with Gasteiger partial charge in [0.1, 0.15) is 0 Å². The lowest BCUT2D eigenvalue weighted by atomic mass is 10.1. The summed E-state index contributed by atoms with van der Waals surface area (Å²) >= 11 is 0. The Bertz CT molecular complexity index is 536. The summed E-state index contributed by atoms with van der Waals surface area (Å²) in [5.74, 6) is 0. The minimum atomic E-state index is -4.45. The van der Waals surface area contributed by atoms with Crippen molar-refractivity contribution in [3.8, 4) is 0 Å². The first-order valence-electron chi connectivity index (χ1n) is 5.25. The number of nitrogens with one attached hydrogen (secondary N) is 1. The second-order valence-corrected chi connectivity index (χ2v) is 3.79. The van der Waals surface area contributed by atoms with Crippen molar-refractivity contribution < 1.29 is 13.2 Å². The maximum absolute atomic E-state index is 12.7. The van der Waals surface area contributed by atoms with E-state index in [4.69, 9.17) is 5.73 Å². The van der Waals surface area contributed by atoms with Gasteiger partial charge >= 0.3 is 6.18 Å². The largest absolute Gasteiger partial charge is 0.418 e. The van der Waals surface area contributed by atoms with E-state index in [1.165, 1.54) is 12.1 Å². The van der Waals surface area contributed by atoms with Crippen molar-refractivity contribution >= 4 is 17.1 Å². The van der Waals surface area contributed by atoms with Crippen LogP contribution in [0.2, 0.25) is 0 Å².